The fraction of sp³-hybridized carbons (Fsp3) is 0.364. The van der Waals surface area contributed by atoms with E-state index in [1.54, 1.807) is 12.1 Å². The van der Waals surface area contributed by atoms with Gasteiger partial charge < -0.3 is 9.84 Å². The van der Waals surface area contributed by atoms with Crippen molar-refractivity contribution in [3.63, 3.8) is 0 Å². The summed E-state index contributed by atoms with van der Waals surface area (Å²) in [6, 6.07) is 7.23. The zero-order chi connectivity index (χ0) is 10.4. The number of benzene rings is 1. The lowest BCUT2D eigenvalue weighted by molar-refractivity contribution is 0.0482. The van der Waals surface area contributed by atoms with E-state index < -0.39 is 0 Å². The highest BCUT2D eigenvalue weighted by atomic mass is 16.5. The molecule has 14 heavy (non-hydrogen) atoms. The molecule has 1 rings (SSSR count). The highest BCUT2D eigenvalue weighted by Crippen LogP contribution is 2.05. The van der Waals surface area contributed by atoms with Crippen LogP contribution in [0, 0.1) is 6.92 Å². The minimum absolute atomic E-state index is 0.0428. The summed E-state index contributed by atoms with van der Waals surface area (Å²) in [5, 5.41) is 8.50. The molecule has 0 aromatic heterocycles. The number of aliphatic hydroxyl groups is 1. The van der Waals surface area contributed by atoms with E-state index in [1.807, 2.05) is 19.1 Å². The average Bonchev–Trinajstić information content (AvgIpc) is 2.18. The van der Waals surface area contributed by atoms with Crippen LogP contribution < -0.4 is 0 Å². The predicted molar refractivity (Wildman–Crippen MR) is 53.2 cm³/mol. The fourth-order valence-electron chi connectivity index (χ4n) is 1.08. The van der Waals surface area contributed by atoms with Gasteiger partial charge in [0.15, 0.2) is 0 Å². The first-order valence-corrected chi connectivity index (χ1v) is 4.58. The smallest absolute Gasteiger partial charge is 0.338 e. The van der Waals surface area contributed by atoms with Gasteiger partial charge in [-0.15, -0.1) is 0 Å². The molecule has 3 nitrogen and oxygen atoms in total. The second-order valence-corrected chi connectivity index (χ2v) is 3.08. The van der Waals surface area contributed by atoms with Crippen molar-refractivity contribution in [1.82, 2.24) is 0 Å². The summed E-state index contributed by atoms with van der Waals surface area (Å²) < 4.78 is 4.92. The quantitative estimate of drug-likeness (QED) is 0.584. The molecule has 0 unspecified atom stereocenters. The van der Waals surface area contributed by atoms with Gasteiger partial charge in [-0.3, -0.25) is 0 Å². The van der Waals surface area contributed by atoms with Crippen LogP contribution in [0.4, 0.5) is 0 Å². The minimum atomic E-state index is -0.331. The Morgan fingerprint density at radius 3 is 2.93 bits per heavy atom. The summed E-state index contributed by atoms with van der Waals surface area (Å²) in [6.45, 7) is 2.23. The molecular weight excluding hydrogens is 180 g/mol. The van der Waals surface area contributed by atoms with Gasteiger partial charge in [0.25, 0.3) is 0 Å². The Kier molecular flexibility index (Phi) is 4.13. The Hall–Kier alpha value is -1.35. The SMILES string of the molecule is Cc1cccc(C(=O)OCCCO)c1. The van der Waals surface area contributed by atoms with Crippen LogP contribution in [0.1, 0.15) is 22.3 Å². The molecule has 0 radical (unpaired) electrons. The number of rotatable bonds is 4. The third-order valence-corrected chi connectivity index (χ3v) is 1.79. The Morgan fingerprint density at radius 2 is 2.29 bits per heavy atom. The molecule has 1 N–H and O–H groups in total. The number of ether oxygens (including phenoxy) is 1. The van der Waals surface area contributed by atoms with Crippen LogP contribution in [-0.2, 0) is 4.74 Å². The van der Waals surface area contributed by atoms with Crippen molar-refractivity contribution in [1.29, 1.82) is 0 Å². The van der Waals surface area contributed by atoms with Crippen LogP contribution in [0.3, 0.4) is 0 Å². The van der Waals surface area contributed by atoms with E-state index in [1.165, 1.54) is 0 Å². The van der Waals surface area contributed by atoms with Gasteiger partial charge in [-0.25, -0.2) is 4.79 Å². The summed E-state index contributed by atoms with van der Waals surface area (Å²) in [6.07, 6.45) is 0.484. The van der Waals surface area contributed by atoms with E-state index in [0.717, 1.165) is 5.56 Å². The normalized spacial score (nSPS) is 9.86. The number of carbonyl (C=O) groups excluding carboxylic acids is 1. The van der Waals surface area contributed by atoms with Gasteiger partial charge in [-0.05, 0) is 19.1 Å². The van der Waals surface area contributed by atoms with E-state index in [2.05, 4.69) is 0 Å². The fourth-order valence-corrected chi connectivity index (χ4v) is 1.08. The van der Waals surface area contributed by atoms with E-state index in [4.69, 9.17) is 9.84 Å². The van der Waals surface area contributed by atoms with Crippen LogP contribution in [0.5, 0.6) is 0 Å². The number of carbonyl (C=O) groups is 1. The number of aryl methyl sites for hydroxylation is 1. The first-order chi connectivity index (χ1) is 6.74. The van der Waals surface area contributed by atoms with Crippen molar-refractivity contribution in [3.8, 4) is 0 Å². The molecule has 3 heteroatoms. The van der Waals surface area contributed by atoms with Gasteiger partial charge in [-0.2, -0.15) is 0 Å². The van der Waals surface area contributed by atoms with Crippen molar-refractivity contribution >= 4 is 5.97 Å². The lowest BCUT2D eigenvalue weighted by Gasteiger charge is -2.03. The summed E-state index contributed by atoms with van der Waals surface area (Å²) in [5.41, 5.74) is 1.59. The molecule has 1 aromatic carbocycles. The van der Waals surface area contributed by atoms with Crippen LogP contribution in [0.15, 0.2) is 24.3 Å². The molecule has 0 fully saturated rings. The molecular formula is C11H14O3. The zero-order valence-electron chi connectivity index (χ0n) is 8.19. The van der Waals surface area contributed by atoms with Gasteiger partial charge in [-0.1, -0.05) is 17.7 Å². The van der Waals surface area contributed by atoms with E-state index in [9.17, 15) is 4.79 Å². The summed E-state index contributed by atoms with van der Waals surface area (Å²) >= 11 is 0. The van der Waals surface area contributed by atoms with Crippen molar-refractivity contribution in [2.75, 3.05) is 13.2 Å². The first-order valence-electron chi connectivity index (χ1n) is 4.58. The van der Waals surface area contributed by atoms with Gasteiger partial charge in [0.2, 0.25) is 0 Å². The summed E-state index contributed by atoms with van der Waals surface area (Å²) in [4.78, 5) is 11.4. The number of hydrogen-bond donors (Lipinski definition) is 1. The average molecular weight is 194 g/mol. The molecule has 76 valence electrons. The Morgan fingerprint density at radius 1 is 1.50 bits per heavy atom. The number of aliphatic hydroxyl groups excluding tert-OH is 1. The molecule has 0 atom stereocenters. The number of esters is 1. The Labute approximate surface area is 83.3 Å². The predicted octanol–water partition coefficient (Wildman–Crippen LogP) is 1.53. The lowest BCUT2D eigenvalue weighted by Crippen LogP contribution is -2.07. The third-order valence-electron chi connectivity index (χ3n) is 1.79. The van der Waals surface area contributed by atoms with Gasteiger partial charge in [0.05, 0.1) is 12.2 Å². The molecule has 0 aliphatic rings. The standard InChI is InChI=1S/C11H14O3/c1-9-4-2-5-10(8-9)11(13)14-7-3-6-12/h2,4-5,8,12H,3,6-7H2,1H3. The molecule has 0 saturated heterocycles. The molecule has 0 saturated carbocycles. The molecule has 0 aliphatic carbocycles. The second kappa shape index (κ2) is 5.40. The van der Waals surface area contributed by atoms with Gasteiger partial charge in [0.1, 0.15) is 0 Å². The third kappa shape index (κ3) is 3.18. The van der Waals surface area contributed by atoms with E-state index >= 15 is 0 Å². The largest absolute Gasteiger partial charge is 0.462 e. The molecule has 1 aromatic rings. The van der Waals surface area contributed by atoms with Crippen molar-refractivity contribution in [2.45, 2.75) is 13.3 Å². The molecule has 0 spiro atoms. The van der Waals surface area contributed by atoms with Crippen molar-refractivity contribution in [2.24, 2.45) is 0 Å². The van der Waals surface area contributed by atoms with E-state index in [0.29, 0.717) is 12.0 Å². The van der Waals surface area contributed by atoms with Crippen LogP contribution in [0.2, 0.25) is 0 Å². The van der Waals surface area contributed by atoms with Crippen LogP contribution in [-0.4, -0.2) is 24.3 Å². The zero-order valence-corrected chi connectivity index (χ0v) is 8.19. The Bertz CT molecular complexity index is 307. The summed E-state index contributed by atoms with van der Waals surface area (Å²) in [5.74, 6) is -0.331. The molecule has 0 bridgehead atoms. The topological polar surface area (TPSA) is 46.5 Å². The van der Waals surface area contributed by atoms with Crippen molar-refractivity contribution < 1.29 is 14.6 Å². The molecule has 0 amide bonds. The highest BCUT2D eigenvalue weighted by Gasteiger charge is 2.05. The highest BCUT2D eigenvalue weighted by molar-refractivity contribution is 5.89. The van der Waals surface area contributed by atoms with Crippen LogP contribution >= 0.6 is 0 Å². The maximum atomic E-state index is 11.4. The minimum Gasteiger partial charge on any atom is -0.462 e. The maximum absolute atomic E-state index is 11.4. The van der Waals surface area contributed by atoms with Crippen LogP contribution in [0.25, 0.3) is 0 Å². The van der Waals surface area contributed by atoms with E-state index in [-0.39, 0.29) is 19.2 Å². The lowest BCUT2D eigenvalue weighted by atomic mass is 10.1. The second-order valence-electron chi connectivity index (χ2n) is 3.08. The Balaban J connectivity index is 2.52. The van der Waals surface area contributed by atoms with Gasteiger partial charge in [0, 0.05) is 13.0 Å². The molecule has 0 heterocycles. The monoisotopic (exact) mass is 194 g/mol. The first kappa shape index (κ1) is 10.7. The van der Waals surface area contributed by atoms with Crippen molar-refractivity contribution in [3.05, 3.63) is 35.4 Å². The summed E-state index contributed by atoms with van der Waals surface area (Å²) in [7, 11) is 0. The molecule has 0 aliphatic heterocycles. The van der Waals surface area contributed by atoms with Gasteiger partial charge >= 0.3 is 5.97 Å². The number of hydrogen-bond acceptors (Lipinski definition) is 3. The maximum Gasteiger partial charge on any atom is 0.338 e.